The maximum absolute atomic E-state index is 5.17. The van der Waals surface area contributed by atoms with Gasteiger partial charge in [0.1, 0.15) is 0 Å². The van der Waals surface area contributed by atoms with Gasteiger partial charge >= 0.3 is 0 Å². The average Bonchev–Trinajstić information content (AvgIpc) is 2.52. The maximum atomic E-state index is 5.17. The second-order valence-corrected chi connectivity index (χ2v) is 4.05. The van der Waals surface area contributed by atoms with E-state index in [4.69, 9.17) is 16.6 Å². The highest BCUT2D eigenvalue weighted by Gasteiger charge is 2.02. The normalized spacial score (nSPS) is 10.2. The van der Waals surface area contributed by atoms with Crippen LogP contribution >= 0.6 is 34.8 Å². The zero-order valence-electron chi connectivity index (χ0n) is 6.45. The van der Waals surface area contributed by atoms with Gasteiger partial charge in [-0.05, 0) is 53.0 Å². The standard InChI is InChI=1S/C8H5IN2OS/c9-6-3-1-2-5(4-6)7-10-11-8(13)12-7/h1-4H,(H,11,13). The summed E-state index contributed by atoms with van der Waals surface area (Å²) in [4.78, 5) is 0.300. The third-order valence-electron chi connectivity index (χ3n) is 1.51. The third-order valence-corrected chi connectivity index (χ3v) is 2.36. The minimum absolute atomic E-state index is 0.300. The zero-order chi connectivity index (χ0) is 9.26. The Balaban J connectivity index is 2.52. The molecule has 0 aliphatic carbocycles. The first-order valence-electron chi connectivity index (χ1n) is 3.57. The molecule has 0 amide bonds. The summed E-state index contributed by atoms with van der Waals surface area (Å²) in [6.07, 6.45) is 0. The molecule has 2 aromatic rings. The molecule has 0 atom stereocenters. The minimum atomic E-state index is 0.300. The predicted molar refractivity (Wildman–Crippen MR) is 59.8 cm³/mol. The lowest BCUT2D eigenvalue weighted by atomic mass is 10.2. The molecule has 0 fully saturated rings. The Hall–Kier alpha value is -0.690. The molecule has 0 aliphatic rings. The van der Waals surface area contributed by atoms with Gasteiger partial charge < -0.3 is 4.42 Å². The van der Waals surface area contributed by atoms with Crippen LogP contribution in [0.1, 0.15) is 0 Å². The molecule has 5 heteroatoms. The van der Waals surface area contributed by atoms with Gasteiger partial charge in [-0.3, -0.25) is 0 Å². The Bertz CT molecular complexity index is 477. The summed E-state index contributed by atoms with van der Waals surface area (Å²) >= 11 is 7.01. The van der Waals surface area contributed by atoms with Crippen LogP contribution < -0.4 is 0 Å². The van der Waals surface area contributed by atoms with E-state index in [-0.39, 0.29) is 0 Å². The number of hydrogen-bond donors (Lipinski definition) is 1. The molecule has 66 valence electrons. The van der Waals surface area contributed by atoms with Gasteiger partial charge in [0.2, 0.25) is 5.89 Å². The van der Waals surface area contributed by atoms with Crippen molar-refractivity contribution in [3.05, 3.63) is 32.7 Å². The second kappa shape index (κ2) is 3.59. The SMILES string of the molecule is S=c1[nH]nc(-c2cccc(I)c2)o1. The van der Waals surface area contributed by atoms with Crippen molar-refractivity contribution in [3.63, 3.8) is 0 Å². The molecule has 0 unspecified atom stereocenters. The van der Waals surface area contributed by atoms with Crippen molar-refractivity contribution in [2.24, 2.45) is 0 Å². The van der Waals surface area contributed by atoms with Crippen molar-refractivity contribution < 1.29 is 4.42 Å². The van der Waals surface area contributed by atoms with E-state index >= 15 is 0 Å². The summed E-state index contributed by atoms with van der Waals surface area (Å²) in [7, 11) is 0. The maximum Gasteiger partial charge on any atom is 0.284 e. The van der Waals surface area contributed by atoms with Crippen LogP contribution in [0, 0.1) is 8.41 Å². The summed E-state index contributed by atoms with van der Waals surface area (Å²) in [6, 6.07) is 7.86. The van der Waals surface area contributed by atoms with Gasteiger partial charge in [-0.1, -0.05) is 6.07 Å². The van der Waals surface area contributed by atoms with Gasteiger partial charge in [-0.15, -0.1) is 5.10 Å². The van der Waals surface area contributed by atoms with E-state index in [9.17, 15) is 0 Å². The van der Waals surface area contributed by atoms with E-state index in [0.29, 0.717) is 10.7 Å². The fourth-order valence-corrected chi connectivity index (χ4v) is 1.64. The van der Waals surface area contributed by atoms with Crippen LogP contribution in [0.5, 0.6) is 0 Å². The monoisotopic (exact) mass is 304 g/mol. The first-order valence-corrected chi connectivity index (χ1v) is 5.06. The summed E-state index contributed by atoms with van der Waals surface area (Å²) in [5, 5.41) is 6.51. The van der Waals surface area contributed by atoms with E-state index in [0.717, 1.165) is 9.13 Å². The van der Waals surface area contributed by atoms with Crippen LogP contribution in [0.15, 0.2) is 28.7 Å². The summed E-state index contributed by atoms with van der Waals surface area (Å²) in [5.41, 5.74) is 0.930. The quantitative estimate of drug-likeness (QED) is 0.650. The Morgan fingerprint density at radius 2 is 2.31 bits per heavy atom. The van der Waals surface area contributed by atoms with Crippen molar-refractivity contribution in [2.45, 2.75) is 0 Å². The van der Waals surface area contributed by atoms with Gasteiger partial charge in [0.25, 0.3) is 4.84 Å². The van der Waals surface area contributed by atoms with Crippen molar-refractivity contribution in [2.75, 3.05) is 0 Å². The van der Waals surface area contributed by atoms with E-state index in [1.807, 2.05) is 24.3 Å². The Labute approximate surface area is 93.3 Å². The van der Waals surface area contributed by atoms with Crippen LogP contribution in [0.2, 0.25) is 0 Å². The van der Waals surface area contributed by atoms with Gasteiger partial charge in [0, 0.05) is 9.13 Å². The lowest BCUT2D eigenvalue weighted by molar-refractivity contribution is 0.552. The van der Waals surface area contributed by atoms with E-state index in [1.165, 1.54) is 0 Å². The molecule has 2 rings (SSSR count). The second-order valence-electron chi connectivity index (χ2n) is 2.43. The fourth-order valence-electron chi connectivity index (χ4n) is 0.975. The van der Waals surface area contributed by atoms with Gasteiger partial charge in [0.15, 0.2) is 0 Å². The Morgan fingerprint density at radius 1 is 1.46 bits per heavy atom. The number of benzene rings is 1. The molecule has 3 nitrogen and oxygen atoms in total. The Morgan fingerprint density at radius 3 is 2.92 bits per heavy atom. The van der Waals surface area contributed by atoms with Crippen LogP contribution in [0.3, 0.4) is 0 Å². The number of H-pyrrole nitrogens is 1. The molecular formula is C8H5IN2OS. The predicted octanol–water partition coefficient (Wildman–Crippen LogP) is 3.00. The molecule has 1 aromatic heterocycles. The molecule has 0 saturated carbocycles. The summed E-state index contributed by atoms with van der Waals surface area (Å²) in [5.74, 6) is 0.531. The molecule has 0 bridgehead atoms. The lowest BCUT2D eigenvalue weighted by Gasteiger charge is -1.93. The number of nitrogens with one attached hydrogen (secondary N) is 1. The van der Waals surface area contributed by atoms with Gasteiger partial charge in [-0.2, -0.15) is 0 Å². The number of nitrogens with zero attached hydrogens (tertiary/aromatic N) is 1. The number of hydrogen-bond acceptors (Lipinski definition) is 3. The molecular weight excluding hydrogens is 299 g/mol. The first-order chi connectivity index (χ1) is 6.25. The zero-order valence-corrected chi connectivity index (χ0v) is 9.43. The van der Waals surface area contributed by atoms with Gasteiger partial charge in [0.05, 0.1) is 0 Å². The summed E-state index contributed by atoms with van der Waals surface area (Å²) < 4.78 is 6.31. The highest BCUT2D eigenvalue weighted by molar-refractivity contribution is 14.1. The van der Waals surface area contributed by atoms with Crippen LogP contribution in [0.25, 0.3) is 11.5 Å². The highest BCUT2D eigenvalue weighted by Crippen LogP contribution is 2.18. The molecule has 13 heavy (non-hydrogen) atoms. The molecule has 0 aliphatic heterocycles. The van der Waals surface area contributed by atoms with Crippen LogP contribution in [-0.2, 0) is 0 Å². The van der Waals surface area contributed by atoms with Gasteiger partial charge in [-0.25, -0.2) is 5.10 Å². The van der Waals surface area contributed by atoms with Crippen LogP contribution in [0.4, 0.5) is 0 Å². The number of rotatable bonds is 1. The van der Waals surface area contributed by atoms with Crippen molar-refractivity contribution >= 4 is 34.8 Å². The molecule has 1 aromatic carbocycles. The van der Waals surface area contributed by atoms with Crippen LogP contribution in [-0.4, -0.2) is 10.2 Å². The molecule has 0 spiro atoms. The number of halogens is 1. The lowest BCUT2D eigenvalue weighted by Crippen LogP contribution is -1.78. The highest BCUT2D eigenvalue weighted by atomic mass is 127. The van der Waals surface area contributed by atoms with E-state index < -0.39 is 0 Å². The topological polar surface area (TPSA) is 41.8 Å². The van der Waals surface area contributed by atoms with E-state index in [2.05, 4.69) is 32.8 Å². The van der Waals surface area contributed by atoms with Crippen molar-refractivity contribution in [1.29, 1.82) is 0 Å². The minimum Gasteiger partial charge on any atom is -0.409 e. The van der Waals surface area contributed by atoms with Crippen molar-refractivity contribution in [3.8, 4) is 11.5 Å². The Kier molecular flexibility index (Phi) is 2.45. The van der Waals surface area contributed by atoms with E-state index in [1.54, 1.807) is 0 Å². The fraction of sp³-hybridized carbons (Fsp3) is 0. The first kappa shape index (κ1) is 8.89. The molecule has 1 heterocycles. The molecule has 0 saturated heterocycles. The number of aromatic nitrogens is 2. The third kappa shape index (κ3) is 1.97. The largest absolute Gasteiger partial charge is 0.409 e. The molecule has 0 radical (unpaired) electrons. The molecule has 1 N–H and O–H groups in total. The smallest absolute Gasteiger partial charge is 0.284 e. The van der Waals surface area contributed by atoms with Crippen molar-refractivity contribution in [1.82, 2.24) is 10.2 Å². The average molecular weight is 304 g/mol. The summed E-state index contributed by atoms with van der Waals surface area (Å²) in [6.45, 7) is 0. The number of aromatic amines is 1.